The fourth-order valence-electron chi connectivity index (χ4n) is 0.980. The number of likely N-dealkylation sites (N-methyl/N-ethyl adjacent to an activating group) is 1. The van der Waals surface area contributed by atoms with Crippen molar-refractivity contribution in [2.24, 2.45) is 0 Å². The highest BCUT2D eigenvalue weighted by Gasteiger charge is 2.14. The Morgan fingerprint density at radius 3 is 2.80 bits per heavy atom. The van der Waals surface area contributed by atoms with Gasteiger partial charge in [0.05, 0.1) is 6.54 Å². The fraction of sp³-hybridized carbons (Fsp3) is 0.833. The maximum absolute atomic E-state index is 10.9. The van der Waals surface area contributed by atoms with E-state index in [-0.39, 0.29) is 18.3 Å². The molecule has 0 radical (unpaired) electrons. The van der Waals surface area contributed by atoms with Crippen molar-refractivity contribution in [1.82, 2.24) is 10.2 Å². The van der Waals surface area contributed by atoms with E-state index >= 15 is 0 Å². The summed E-state index contributed by atoms with van der Waals surface area (Å²) >= 11 is 0. The van der Waals surface area contributed by atoms with Gasteiger partial charge in [-0.25, -0.2) is 0 Å². The third-order valence-corrected chi connectivity index (χ3v) is 1.57. The predicted molar refractivity (Wildman–Crippen MR) is 42.4 cm³/mol. The molecule has 0 aromatic carbocycles. The van der Waals surface area contributed by atoms with Crippen LogP contribution < -0.4 is 5.32 Å². The first kappa shape index (κ1) is 9.72. The molecule has 0 saturated carbocycles. The van der Waals surface area contributed by atoms with Crippen molar-refractivity contribution < 1.29 is 4.79 Å². The molecule has 0 unspecified atom stereocenters. The van der Waals surface area contributed by atoms with Crippen molar-refractivity contribution in [1.29, 1.82) is 0 Å². The zero-order chi connectivity index (χ0) is 6.69. The monoisotopic (exact) mass is 164 g/mol. The van der Waals surface area contributed by atoms with Gasteiger partial charge in [-0.3, -0.25) is 4.79 Å². The minimum atomic E-state index is 0. The van der Waals surface area contributed by atoms with Gasteiger partial charge >= 0.3 is 0 Å². The van der Waals surface area contributed by atoms with Gasteiger partial charge < -0.3 is 10.2 Å². The SMILES string of the molecule is CCN1CCNCC1=O.Cl. The largest absolute Gasteiger partial charge is 0.341 e. The Morgan fingerprint density at radius 2 is 2.40 bits per heavy atom. The van der Waals surface area contributed by atoms with Crippen molar-refractivity contribution in [3.63, 3.8) is 0 Å². The van der Waals surface area contributed by atoms with Crippen LogP contribution in [0.3, 0.4) is 0 Å². The first-order valence-corrected chi connectivity index (χ1v) is 3.33. The van der Waals surface area contributed by atoms with Crippen LogP contribution in [0.25, 0.3) is 0 Å². The molecule has 3 nitrogen and oxygen atoms in total. The summed E-state index contributed by atoms with van der Waals surface area (Å²) in [5, 5.41) is 3.01. The molecule has 1 heterocycles. The third kappa shape index (κ3) is 2.15. The number of halogens is 1. The highest BCUT2D eigenvalue weighted by Crippen LogP contribution is 1.91. The van der Waals surface area contributed by atoms with Crippen molar-refractivity contribution in [3.8, 4) is 0 Å². The molecule has 1 aliphatic rings. The zero-order valence-corrected chi connectivity index (χ0v) is 6.91. The van der Waals surface area contributed by atoms with E-state index in [9.17, 15) is 4.79 Å². The summed E-state index contributed by atoms with van der Waals surface area (Å²) in [5.41, 5.74) is 0. The molecule has 0 aromatic rings. The van der Waals surface area contributed by atoms with Crippen molar-refractivity contribution in [2.75, 3.05) is 26.2 Å². The van der Waals surface area contributed by atoms with Gasteiger partial charge in [0.1, 0.15) is 0 Å². The van der Waals surface area contributed by atoms with Crippen LogP contribution in [0.4, 0.5) is 0 Å². The molecule has 4 heteroatoms. The summed E-state index contributed by atoms with van der Waals surface area (Å²) in [6.45, 7) is 5.19. The lowest BCUT2D eigenvalue weighted by Gasteiger charge is -2.25. The van der Waals surface area contributed by atoms with Gasteiger partial charge in [-0.1, -0.05) is 0 Å². The number of carbonyl (C=O) groups is 1. The summed E-state index contributed by atoms with van der Waals surface area (Å²) in [5.74, 6) is 0.226. The van der Waals surface area contributed by atoms with Gasteiger partial charge in [0.25, 0.3) is 0 Å². The average Bonchev–Trinajstić information content (AvgIpc) is 1.89. The van der Waals surface area contributed by atoms with Crippen LogP contribution in [0.15, 0.2) is 0 Å². The minimum Gasteiger partial charge on any atom is -0.341 e. The van der Waals surface area contributed by atoms with Crippen LogP contribution >= 0.6 is 12.4 Å². The van der Waals surface area contributed by atoms with Gasteiger partial charge in [0.2, 0.25) is 5.91 Å². The quantitative estimate of drug-likeness (QED) is 0.585. The molecule has 1 rings (SSSR count). The lowest BCUT2D eigenvalue weighted by atomic mass is 10.3. The van der Waals surface area contributed by atoms with E-state index in [0.29, 0.717) is 6.54 Å². The van der Waals surface area contributed by atoms with Crippen LogP contribution in [-0.4, -0.2) is 37.0 Å². The maximum Gasteiger partial charge on any atom is 0.236 e. The summed E-state index contributed by atoms with van der Waals surface area (Å²) in [7, 11) is 0. The summed E-state index contributed by atoms with van der Waals surface area (Å²) in [4.78, 5) is 12.7. The number of piperazine rings is 1. The Balaban J connectivity index is 0.000000810. The second-order valence-corrected chi connectivity index (χ2v) is 2.15. The van der Waals surface area contributed by atoms with Crippen LogP contribution in [-0.2, 0) is 4.79 Å². The topological polar surface area (TPSA) is 32.3 Å². The number of rotatable bonds is 1. The highest BCUT2D eigenvalue weighted by atomic mass is 35.5. The Labute approximate surface area is 67.2 Å². The van der Waals surface area contributed by atoms with E-state index in [0.717, 1.165) is 19.6 Å². The smallest absolute Gasteiger partial charge is 0.236 e. The van der Waals surface area contributed by atoms with Crippen molar-refractivity contribution in [3.05, 3.63) is 0 Å². The number of carbonyl (C=O) groups excluding carboxylic acids is 1. The fourth-order valence-corrected chi connectivity index (χ4v) is 0.980. The van der Waals surface area contributed by atoms with Gasteiger partial charge in [0.15, 0.2) is 0 Å². The molecule has 60 valence electrons. The predicted octanol–water partition coefficient (Wildman–Crippen LogP) is -0.140. The second kappa shape index (κ2) is 4.52. The summed E-state index contributed by atoms with van der Waals surface area (Å²) in [6.07, 6.45) is 0. The second-order valence-electron chi connectivity index (χ2n) is 2.15. The van der Waals surface area contributed by atoms with Gasteiger partial charge in [-0.05, 0) is 6.92 Å². The standard InChI is InChI=1S/C6H12N2O.ClH/c1-2-8-4-3-7-5-6(8)9;/h7H,2-5H2,1H3;1H. The van der Waals surface area contributed by atoms with Crippen LogP contribution in [0.5, 0.6) is 0 Å². The molecule has 0 spiro atoms. The lowest BCUT2D eigenvalue weighted by molar-refractivity contribution is -0.131. The maximum atomic E-state index is 10.9. The molecule has 1 aliphatic heterocycles. The minimum absolute atomic E-state index is 0. The number of nitrogens with zero attached hydrogens (tertiary/aromatic N) is 1. The Bertz CT molecular complexity index is 118. The third-order valence-electron chi connectivity index (χ3n) is 1.57. The van der Waals surface area contributed by atoms with E-state index in [1.807, 2.05) is 11.8 Å². The molecule has 1 amide bonds. The molecular weight excluding hydrogens is 152 g/mol. The molecule has 0 bridgehead atoms. The normalized spacial score (nSPS) is 18.5. The van der Waals surface area contributed by atoms with Crippen LogP contribution in [0, 0.1) is 0 Å². The number of hydrogen-bond donors (Lipinski definition) is 1. The molecule has 1 saturated heterocycles. The van der Waals surface area contributed by atoms with Gasteiger partial charge in [0, 0.05) is 19.6 Å². The Morgan fingerprint density at radius 1 is 1.70 bits per heavy atom. The van der Waals surface area contributed by atoms with Crippen molar-refractivity contribution in [2.45, 2.75) is 6.92 Å². The Kier molecular flexibility index (Phi) is 4.40. The molecule has 10 heavy (non-hydrogen) atoms. The van der Waals surface area contributed by atoms with E-state index in [1.54, 1.807) is 0 Å². The van der Waals surface area contributed by atoms with E-state index in [1.165, 1.54) is 0 Å². The van der Waals surface area contributed by atoms with E-state index in [4.69, 9.17) is 0 Å². The van der Waals surface area contributed by atoms with Gasteiger partial charge in [-0.2, -0.15) is 0 Å². The zero-order valence-electron chi connectivity index (χ0n) is 6.09. The average molecular weight is 165 g/mol. The van der Waals surface area contributed by atoms with Crippen LogP contribution in [0.1, 0.15) is 6.92 Å². The summed E-state index contributed by atoms with van der Waals surface area (Å²) < 4.78 is 0. The first-order valence-electron chi connectivity index (χ1n) is 3.33. The Hall–Kier alpha value is -0.280. The number of hydrogen-bond acceptors (Lipinski definition) is 2. The molecule has 1 N–H and O–H groups in total. The van der Waals surface area contributed by atoms with Gasteiger partial charge in [-0.15, -0.1) is 12.4 Å². The first-order chi connectivity index (χ1) is 4.34. The van der Waals surface area contributed by atoms with Crippen LogP contribution in [0.2, 0.25) is 0 Å². The lowest BCUT2D eigenvalue weighted by Crippen LogP contribution is -2.47. The van der Waals surface area contributed by atoms with E-state index < -0.39 is 0 Å². The summed E-state index contributed by atoms with van der Waals surface area (Å²) in [6, 6.07) is 0. The molecule has 0 aromatic heterocycles. The molecule has 0 atom stereocenters. The highest BCUT2D eigenvalue weighted by molar-refractivity contribution is 5.85. The number of amides is 1. The van der Waals surface area contributed by atoms with E-state index in [2.05, 4.69) is 5.32 Å². The molecular formula is C6H13ClN2O. The molecule has 1 fully saturated rings. The molecule has 0 aliphatic carbocycles. The number of nitrogens with one attached hydrogen (secondary N) is 1. The van der Waals surface area contributed by atoms with Crippen molar-refractivity contribution >= 4 is 18.3 Å².